The second-order valence-corrected chi connectivity index (χ2v) is 3.95. The molecule has 80 valence electrons. The minimum atomic E-state index is -0.476. The van der Waals surface area contributed by atoms with Crippen LogP contribution in [0, 0.1) is 3.57 Å². The number of hydrogen-bond donors (Lipinski definition) is 0. The van der Waals surface area contributed by atoms with Crippen molar-refractivity contribution in [3.05, 3.63) is 39.7 Å². The highest BCUT2D eigenvalue weighted by molar-refractivity contribution is 14.1. The Morgan fingerprint density at radius 1 is 1.47 bits per heavy atom. The largest absolute Gasteiger partial charge is 0.463 e. The van der Waals surface area contributed by atoms with E-state index in [0.29, 0.717) is 5.75 Å². The minimum absolute atomic E-state index is 0.194. The van der Waals surface area contributed by atoms with Crippen LogP contribution in [0.4, 0.5) is 0 Å². The summed E-state index contributed by atoms with van der Waals surface area (Å²) >= 11 is 2.18. The molecule has 0 saturated heterocycles. The van der Waals surface area contributed by atoms with Crippen molar-refractivity contribution in [1.29, 1.82) is 0 Å². The van der Waals surface area contributed by atoms with Crippen LogP contribution in [0.1, 0.15) is 6.92 Å². The maximum absolute atomic E-state index is 11.2. The molecule has 0 bridgehead atoms. The van der Waals surface area contributed by atoms with E-state index in [1.807, 2.05) is 18.2 Å². The number of allylic oxidation sites excluding steroid dienone is 1. The van der Waals surface area contributed by atoms with Gasteiger partial charge in [0.15, 0.2) is 0 Å². The highest BCUT2D eigenvalue weighted by Gasteiger charge is 2.10. The summed E-state index contributed by atoms with van der Waals surface area (Å²) < 4.78 is 11.0. The number of ether oxygens (including phenoxy) is 2. The number of halogens is 1. The van der Waals surface area contributed by atoms with Crippen LogP contribution in [0.15, 0.2) is 36.1 Å². The zero-order valence-corrected chi connectivity index (χ0v) is 10.6. The Kier molecular flexibility index (Phi) is 4.61. The molecule has 0 heterocycles. The quantitative estimate of drug-likeness (QED) is 0.372. The highest BCUT2D eigenvalue weighted by atomic mass is 127. The number of carbonyl (C=O) groups excluding carboxylic acids is 1. The molecule has 3 nitrogen and oxygen atoms in total. The lowest BCUT2D eigenvalue weighted by molar-refractivity contribution is -0.138. The first-order chi connectivity index (χ1) is 7.17. The second kappa shape index (κ2) is 5.75. The molecule has 0 aliphatic carbocycles. The van der Waals surface area contributed by atoms with Gasteiger partial charge in [0.25, 0.3) is 0 Å². The Hall–Kier alpha value is -1.04. The molecule has 1 rings (SSSR count). The van der Waals surface area contributed by atoms with Crippen molar-refractivity contribution in [3.8, 4) is 5.75 Å². The summed E-state index contributed by atoms with van der Waals surface area (Å²) in [5, 5.41) is 0. The highest BCUT2D eigenvalue weighted by Crippen LogP contribution is 2.17. The lowest BCUT2D eigenvalue weighted by Crippen LogP contribution is -2.10. The van der Waals surface area contributed by atoms with Gasteiger partial charge in [-0.15, -0.1) is 0 Å². The van der Waals surface area contributed by atoms with Crippen LogP contribution < -0.4 is 4.74 Å². The monoisotopic (exact) mass is 318 g/mol. The van der Waals surface area contributed by atoms with Gasteiger partial charge in [-0.2, -0.15) is 0 Å². The molecule has 0 unspecified atom stereocenters. The molecule has 0 aromatic heterocycles. The van der Waals surface area contributed by atoms with Crippen molar-refractivity contribution in [1.82, 2.24) is 0 Å². The molecular formula is C11H11IO3. The van der Waals surface area contributed by atoms with Gasteiger partial charge in [-0.05, 0) is 53.8 Å². The molecule has 0 aliphatic heterocycles. The Morgan fingerprint density at radius 2 is 2.20 bits per heavy atom. The number of benzene rings is 1. The first-order valence-corrected chi connectivity index (χ1v) is 5.43. The van der Waals surface area contributed by atoms with Gasteiger partial charge in [0.1, 0.15) is 5.75 Å². The van der Waals surface area contributed by atoms with Crippen molar-refractivity contribution in [2.24, 2.45) is 0 Å². The van der Waals surface area contributed by atoms with Crippen LogP contribution >= 0.6 is 22.6 Å². The fourth-order valence-electron chi connectivity index (χ4n) is 0.976. The van der Waals surface area contributed by atoms with Gasteiger partial charge >= 0.3 is 5.97 Å². The van der Waals surface area contributed by atoms with Crippen molar-refractivity contribution >= 4 is 28.6 Å². The average molecular weight is 318 g/mol. The average Bonchev–Trinajstić information content (AvgIpc) is 2.25. The zero-order valence-electron chi connectivity index (χ0n) is 8.49. The number of hydrogen-bond acceptors (Lipinski definition) is 3. The predicted octanol–water partition coefficient (Wildman–Crippen LogP) is 2.75. The summed E-state index contributed by atoms with van der Waals surface area (Å²) in [7, 11) is 1.32. The molecule has 0 aliphatic rings. The summed E-state index contributed by atoms with van der Waals surface area (Å²) in [5.74, 6) is 0.344. The maximum atomic E-state index is 11.2. The molecule has 4 heteroatoms. The third-order valence-electron chi connectivity index (χ3n) is 1.67. The van der Waals surface area contributed by atoms with E-state index >= 15 is 0 Å². The van der Waals surface area contributed by atoms with Gasteiger partial charge in [-0.3, -0.25) is 0 Å². The molecule has 0 radical (unpaired) electrons. The summed E-state index contributed by atoms with van der Waals surface area (Å²) in [6, 6.07) is 7.43. The van der Waals surface area contributed by atoms with Crippen LogP contribution in [-0.2, 0) is 9.53 Å². The van der Waals surface area contributed by atoms with E-state index in [1.165, 1.54) is 7.11 Å². The molecule has 0 atom stereocenters. The van der Waals surface area contributed by atoms with Gasteiger partial charge in [0, 0.05) is 3.57 Å². The van der Waals surface area contributed by atoms with Crippen LogP contribution in [0.3, 0.4) is 0 Å². The SMILES string of the molecule is C/C=C(\Oc1cccc(I)c1)C(=O)OC. The van der Waals surface area contributed by atoms with E-state index in [1.54, 1.807) is 19.1 Å². The summed E-state index contributed by atoms with van der Waals surface area (Å²) in [6.45, 7) is 1.72. The fraction of sp³-hybridized carbons (Fsp3) is 0.182. The van der Waals surface area contributed by atoms with Crippen molar-refractivity contribution < 1.29 is 14.3 Å². The second-order valence-electron chi connectivity index (χ2n) is 2.70. The van der Waals surface area contributed by atoms with E-state index in [9.17, 15) is 4.79 Å². The molecule has 0 amide bonds. The van der Waals surface area contributed by atoms with Gasteiger partial charge in [0.2, 0.25) is 5.76 Å². The lowest BCUT2D eigenvalue weighted by atomic mass is 10.3. The third kappa shape index (κ3) is 3.54. The van der Waals surface area contributed by atoms with E-state index in [-0.39, 0.29) is 5.76 Å². The third-order valence-corrected chi connectivity index (χ3v) is 2.34. The Balaban J connectivity index is 2.81. The molecule has 1 aromatic carbocycles. The number of esters is 1. The van der Waals surface area contributed by atoms with E-state index in [0.717, 1.165) is 3.57 Å². The Morgan fingerprint density at radius 3 is 2.73 bits per heavy atom. The van der Waals surface area contributed by atoms with Crippen molar-refractivity contribution in [2.75, 3.05) is 7.11 Å². The van der Waals surface area contributed by atoms with E-state index < -0.39 is 5.97 Å². The molecule has 1 aromatic rings. The first-order valence-electron chi connectivity index (χ1n) is 4.35. The summed E-state index contributed by atoms with van der Waals surface area (Å²) in [5.41, 5.74) is 0. The smallest absolute Gasteiger partial charge is 0.373 e. The van der Waals surface area contributed by atoms with Gasteiger partial charge in [-0.1, -0.05) is 6.07 Å². The molecule has 0 N–H and O–H groups in total. The zero-order chi connectivity index (χ0) is 11.3. The molecule has 0 spiro atoms. The lowest BCUT2D eigenvalue weighted by Gasteiger charge is -2.07. The molecule has 0 fully saturated rings. The van der Waals surface area contributed by atoms with Crippen LogP contribution in [-0.4, -0.2) is 13.1 Å². The summed E-state index contributed by atoms with van der Waals surface area (Å²) in [4.78, 5) is 11.2. The van der Waals surface area contributed by atoms with E-state index in [4.69, 9.17) is 4.74 Å². The van der Waals surface area contributed by atoms with Gasteiger partial charge < -0.3 is 9.47 Å². The number of carbonyl (C=O) groups is 1. The predicted molar refractivity (Wildman–Crippen MR) is 65.6 cm³/mol. The number of rotatable bonds is 3. The molecular weight excluding hydrogens is 307 g/mol. The van der Waals surface area contributed by atoms with Crippen molar-refractivity contribution in [2.45, 2.75) is 6.92 Å². The Labute approximate surface area is 102 Å². The normalized spacial score (nSPS) is 11.0. The fourth-order valence-corrected chi connectivity index (χ4v) is 1.49. The molecule has 0 saturated carbocycles. The van der Waals surface area contributed by atoms with Crippen molar-refractivity contribution in [3.63, 3.8) is 0 Å². The molecule has 15 heavy (non-hydrogen) atoms. The maximum Gasteiger partial charge on any atom is 0.373 e. The minimum Gasteiger partial charge on any atom is -0.463 e. The van der Waals surface area contributed by atoms with Crippen LogP contribution in [0.5, 0.6) is 5.75 Å². The van der Waals surface area contributed by atoms with Gasteiger partial charge in [0.05, 0.1) is 7.11 Å². The van der Waals surface area contributed by atoms with Crippen LogP contribution in [0.25, 0.3) is 0 Å². The van der Waals surface area contributed by atoms with Gasteiger partial charge in [-0.25, -0.2) is 4.79 Å². The summed E-state index contributed by atoms with van der Waals surface area (Å²) in [6.07, 6.45) is 1.58. The standard InChI is InChI=1S/C11H11IO3/c1-3-10(11(13)14-2)15-9-6-4-5-8(12)7-9/h3-7H,1-2H3/b10-3-. The Bertz CT molecular complexity index is 385. The van der Waals surface area contributed by atoms with E-state index in [2.05, 4.69) is 27.3 Å². The first kappa shape index (κ1) is 12.0. The topological polar surface area (TPSA) is 35.5 Å². The number of methoxy groups -OCH3 is 1. The van der Waals surface area contributed by atoms with Crippen LogP contribution in [0.2, 0.25) is 0 Å².